The van der Waals surface area contributed by atoms with E-state index in [9.17, 15) is 23.2 Å². The van der Waals surface area contributed by atoms with Crippen molar-refractivity contribution in [1.29, 1.82) is 0 Å². The fourth-order valence-corrected chi connectivity index (χ4v) is 10.3. The molecule has 1 aliphatic carbocycles. The standard InChI is InChI=1S/C42H51ClF2N12O4/c43-32-16-28(5-6-33(32)47-34-7-8-37(58)50-42(34)60)54-20-26(21-54)19-53-13-11-52(12-14-53)18-25-1-3-27(4-2-25)57-23-35(38(51-57)39(44)45)48-41(59)31-17-46-56-10-9-36(49-40(31)56)55-22-30-15-29(55)24-61-30/h5-6,9-10,16-17,23,25-27,29-30,34,39,47H,1-4,7-8,11-15,18-22,24H2,(H,48,59)(H,50,58,60)/t25?,27?,29-,30-,34?/m1/s1. The largest absolute Gasteiger partial charge is 0.374 e. The summed E-state index contributed by atoms with van der Waals surface area (Å²) in [5, 5.41) is 17.4. The minimum Gasteiger partial charge on any atom is -0.374 e. The van der Waals surface area contributed by atoms with Crippen LogP contribution in [0.4, 0.5) is 31.7 Å². The predicted octanol–water partition coefficient (Wildman–Crippen LogP) is 4.45. The van der Waals surface area contributed by atoms with E-state index in [1.54, 1.807) is 17.1 Å². The number of rotatable bonds is 12. The highest BCUT2D eigenvalue weighted by Gasteiger charge is 2.40. The summed E-state index contributed by atoms with van der Waals surface area (Å²) in [6.45, 7) is 9.59. The van der Waals surface area contributed by atoms with Crippen molar-refractivity contribution in [2.45, 2.75) is 75.6 Å². The number of benzene rings is 1. The Labute approximate surface area is 356 Å². The fraction of sp³-hybridized carbons (Fsp3) is 0.571. The molecule has 3 N–H and O–H groups in total. The molecule has 3 amide bonds. The van der Waals surface area contributed by atoms with Gasteiger partial charge in [-0.3, -0.25) is 24.4 Å². The summed E-state index contributed by atoms with van der Waals surface area (Å²) in [6.07, 6.45) is 7.47. The maximum atomic E-state index is 14.3. The molecule has 324 valence electrons. The molecule has 5 saturated heterocycles. The Kier molecular flexibility index (Phi) is 11.0. The first-order valence-corrected chi connectivity index (χ1v) is 22.0. The van der Waals surface area contributed by atoms with Crippen molar-refractivity contribution in [3.05, 3.63) is 59.1 Å². The van der Waals surface area contributed by atoms with Crippen LogP contribution < -0.4 is 25.8 Å². The quantitative estimate of drug-likeness (QED) is 0.172. The van der Waals surface area contributed by atoms with Crippen LogP contribution in [-0.2, 0) is 14.3 Å². The number of halogens is 3. The third kappa shape index (κ3) is 8.38. The third-order valence-electron chi connectivity index (χ3n) is 13.5. The van der Waals surface area contributed by atoms with Crippen molar-refractivity contribution in [1.82, 2.24) is 39.5 Å². The van der Waals surface area contributed by atoms with Gasteiger partial charge in [-0.25, -0.2) is 18.3 Å². The Hall–Kier alpha value is -4.91. The molecule has 5 aliphatic heterocycles. The Bertz CT molecular complexity index is 2290. The Morgan fingerprint density at radius 3 is 2.41 bits per heavy atom. The number of morpholine rings is 1. The summed E-state index contributed by atoms with van der Waals surface area (Å²) in [4.78, 5) is 51.6. The number of carbonyl (C=O) groups excluding carboxylic acids is 3. The second-order valence-electron chi connectivity index (χ2n) is 17.6. The molecule has 6 aliphatic rings. The molecule has 0 radical (unpaired) electrons. The van der Waals surface area contributed by atoms with Crippen molar-refractivity contribution < 1.29 is 27.9 Å². The van der Waals surface area contributed by atoms with Crippen LogP contribution in [0.15, 0.2) is 42.9 Å². The highest BCUT2D eigenvalue weighted by atomic mass is 35.5. The lowest BCUT2D eigenvalue weighted by atomic mass is 9.85. The van der Waals surface area contributed by atoms with E-state index in [0.29, 0.717) is 47.6 Å². The molecule has 61 heavy (non-hydrogen) atoms. The van der Waals surface area contributed by atoms with Crippen LogP contribution >= 0.6 is 11.6 Å². The topological polar surface area (TPSA) is 158 Å². The SMILES string of the molecule is O=C1CCC(Nc2ccc(N3CC(CN4CCN(CC5CCC(n6cc(NC(=O)c7cnn8ccc(N9C[C@H]%10C[C@@H]9CO%10)nc78)c(C(F)F)n6)CC5)CC4)C3)cc2Cl)C(=O)N1. The summed E-state index contributed by atoms with van der Waals surface area (Å²) in [5.74, 6) is 0.755. The van der Waals surface area contributed by atoms with Crippen molar-refractivity contribution in [2.24, 2.45) is 11.8 Å². The van der Waals surface area contributed by atoms with Gasteiger partial charge in [-0.15, -0.1) is 0 Å². The van der Waals surface area contributed by atoms with E-state index in [1.807, 2.05) is 24.3 Å². The van der Waals surface area contributed by atoms with E-state index in [0.717, 1.165) is 103 Å². The maximum Gasteiger partial charge on any atom is 0.284 e. The van der Waals surface area contributed by atoms with E-state index in [-0.39, 0.29) is 41.3 Å². The smallest absolute Gasteiger partial charge is 0.284 e. The summed E-state index contributed by atoms with van der Waals surface area (Å²) in [5.41, 5.74) is 1.91. The predicted molar refractivity (Wildman–Crippen MR) is 224 cm³/mol. The van der Waals surface area contributed by atoms with Gasteiger partial charge in [0, 0.05) is 89.3 Å². The zero-order chi connectivity index (χ0) is 41.8. The van der Waals surface area contributed by atoms with Crippen molar-refractivity contribution in [3.8, 4) is 0 Å². The molecule has 1 aromatic carbocycles. The molecule has 19 heteroatoms. The second kappa shape index (κ2) is 16.8. The lowest BCUT2D eigenvalue weighted by Gasteiger charge is -2.45. The van der Waals surface area contributed by atoms with Crippen LogP contribution in [0.5, 0.6) is 0 Å². The van der Waals surface area contributed by atoms with Gasteiger partial charge in [0.15, 0.2) is 11.3 Å². The third-order valence-corrected chi connectivity index (χ3v) is 13.9. The van der Waals surface area contributed by atoms with E-state index in [4.69, 9.17) is 21.3 Å². The van der Waals surface area contributed by atoms with E-state index in [1.165, 1.54) is 10.7 Å². The summed E-state index contributed by atoms with van der Waals surface area (Å²) < 4.78 is 37.5. The Balaban J connectivity index is 0.666. The minimum atomic E-state index is -2.84. The van der Waals surface area contributed by atoms with Crippen LogP contribution in [0.25, 0.3) is 5.65 Å². The number of hydrogen-bond donors (Lipinski definition) is 3. The summed E-state index contributed by atoms with van der Waals surface area (Å²) in [7, 11) is 0. The minimum absolute atomic E-state index is 0.0114. The van der Waals surface area contributed by atoms with Gasteiger partial charge in [0.1, 0.15) is 17.4 Å². The normalized spacial score (nSPS) is 26.3. The number of piperazine rings is 1. The number of anilines is 4. The molecule has 2 bridgehead atoms. The zero-order valence-corrected chi connectivity index (χ0v) is 34.7. The first-order valence-electron chi connectivity index (χ1n) is 21.6. The van der Waals surface area contributed by atoms with Gasteiger partial charge in [0.2, 0.25) is 11.8 Å². The number of aromatic nitrogens is 5. The first kappa shape index (κ1) is 40.2. The molecule has 10 rings (SSSR count). The van der Waals surface area contributed by atoms with Crippen molar-refractivity contribution in [2.75, 3.05) is 85.9 Å². The van der Waals surface area contributed by atoms with Gasteiger partial charge in [0.25, 0.3) is 12.3 Å². The van der Waals surface area contributed by atoms with E-state index >= 15 is 0 Å². The number of alkyl halides is 2. The average molecular weight is 861 g/mol. The number of nitrogens with one attached hydrogen (secondary N) is 3. The molecule has 3 aromatic heterocycles. The fourth-order valence-electron chi connectivity index (χ4n) is 10.1. The lowest BCUT2D eigenvalue weighted by molar-refractivity contribution is -0.133. The molecular weight excluding hydrogens is 810 g/mol. The number of amides is 3. The number of piperidine rings is 1. The summed E-state index contributed by atoms with van der Waals surface area (Å²) >= 11 is 6.60. The molecule has 1 saturated carbocycles. The van der Waals surface area contributed by atoms with Gasteiger partial charge >= 0.3 is 0 Å². The molecule has 16 nitrogen and oxygen atoms in total. The van der Waals surface area contributed by atoms with Gasteiger partial charge in [-0.2, -0.15) is 10.2 Å². The van der Waals surface area contributed by atoms with Crippen LogP contribution in [0.1, 0.15) is 73.5 Å². The number of imide groups is 1. The molecule has 6 fully saturated rings. The molecule has 1 unspecified atom stereocenters. The van der Waals surface area contributed by atoms with E-state index in [2.05, 4.69) is 45.7 Å². The molecule has 3 atom stereocenters. The molecule has 4 aromatic rings. The second-order valence-corrected chi connectivity index (χ2v) is 18.0. The molecule has 8 heterocycles. The van der Waals surface area contributed by atoms with Crippen LogP contribution in [0.2, 0.25) is 5.02 Å². The molecular formula is C42H51ClF2N12O4. The van der Waals surface area contributed by atoms with Crippen LogP contribution in [0, 0.1) is 11.8 Å². The van der Waals surface area contributed by atoms with Crippen LogP contribution in [-0.4, -0.2) is 136 Å². The number of carbonyl (C=O) groups is 3. The Morgan fingerprint density at radius 1 is 0.951 bits per heavy atom. The van der Waals surface area contributed by atoms with Gasteiger partial charge < -0.3 is 35.0 Å². The lowest BCUT2D eigenvalue weighted by Crippen LogP contribution is -2.55. The number of fused-ring (bicyclic) bond motifs is 3. The van der Waals surface area contributed by atoms with Crippen molar-refractivity contribution in [3.63, 3.8) is 0 Å². The number of ether oxygens (including phenoxy) is 1. The van der Waals surface area contributed by atoms with Crippen LogP contribution in [0.3, 0.4) is 0 Å². The number of nitrogens with zero attached hydrogens (tertiary/aromatic N) is 9. The zero-order valence-electron chi connectivity index (χ0n) is 33.9. The van der Waals surface area contributed by atoms with Gasteiger partial charge in [-0.1, -0.05) is 11.6 Å². The van der Waals surface area contributed by atoms with Crippen molar-refractivity contribution >= 4 is 57.8 Å². The molecule has 0 spiro atoms. The number of hydrogen-bond acceptors (Lipinski definition) is 12. The van der Waals surface area contributed by atoms with Gasteiger partial charge in [0.05, 0.1) is 47.4 Å². The average Bonchev–Trinajstić information content (AvgIpc) is 4.06. The van der Waals surface area contributed by atoms with E-state index < -0.39 is 24.1 Å². The Morgan fingerprint density at radius 2 is 1.72 bits per heavy atom. The highest BCUT2D eigenvalue weighted by Crippen LogP contribution is 2.37. The maximum absolute atomic E-state index is 14.3. The van der Waals surface area contributed by atoms with Gasteiger partial charge in [-0.05, 0) is 68.7 Å². The summed E-state index contributed by atoms with van der Waals surface area (Å²) in [6, 6.07) is 7.52. The monoisotopic (exact) mass is 860 g/mol. The highest BCUT2D eigenvalue weighted by molar-refractivity contribution is 6.33. The first-order chi connectivity index (χ1) is 29.6.